The number of nitrogen functional groups attached to an aromatic ring is 1. The highest BCUT2D eigenvalue weighted by molar-refractivity contribution is 5.82. The van der Waals surface area contributed by atoms with Crippen LogP contribution < -0.4 is 11.1 Å². The molecule has 0 bridgehead atoms. The predicted octanol–water partition coefficient (Wildman–Crippen LogP) is 1.16. The zero-order chi connectivity index (χ0) is 11.3. The van der Waals surface area contributed by atoms with Crippen LogP contribution in [0.2, 0.25) is 0 Å². The van der Waals surface area contributed by atoms with E-state index in [4.69, 9.17) is 5.73 Å². The predicted molar refractivity (Wildman–Crippen MR) is 62.7 cm³/mol. The van der Waals surface area contributed by atoms with Gasteiger partial charge in [0.2, 0.25) is 5.91 Å². The van der Waals surface area contributed by atoms with Crippen LogP contribution in [-0.2, 0) is 4.79 Å². The molecule has 1 aromatic carbocycles. The first kappa shape index (κ1) is 11.4. The van der Waals surface area contributed by atoms with Gasteiger partial charge in [0, 0.05) is 13.6 Å². The van der Waals surface area contributed by atoms with Crippen LogP contribution in [0.5, 0.6) is 0 Å². The van der Waals surface area contributed by atoms with Gasteiger partial charge in [0.1, 0.15) is 0 Å². The molecule has 4 heteroatoms. The summed E-state index contributed by atoms with van der Waals surface area (Å²) in [5, 5.41) is 3.01. The minimum absolute atomic E-state index is 0.0563. The third kappa shape index (κ3) is 3.16. The van der Waals surface area contributed by atoms with E-state index in [1.165, 1.54) is 0 Å². The molecule has 82 valence electrons. The van der Waals surface area contributed by atoms with E-state index in [9.17, 15) is 4.79 Å². The number of para-hydroxylation sites is 2. The first-order valence-corrected chi connectivity index (χ1v) is 4.97. The molecule has 0 spiro atoms. The van der Waals surface area contributed by atoms with E-state index in [0.29, 0.717) is 12.2 Å². The fourth-order valence-electron chi connectivity index (χ4n) is 1.14. The number of nitrogens with two attached hydrogens (primary N) is 1. The van der Waals surface area contributed by atoms with Gasteiger partial charge < -0.3 is 16.0 Å². The summed E-state index contributed by atoms with van der Waals surface area (Å²) in [5.74, 6) is 0.0563. The van der Waals surface area contributed by atoms with E-state index in [1.54, 1.807) is 18.0 Å². The fraction of sp³-hybridized carbons (Fsp3) is 0.364. The highest BCUT2D eigenvalue weighted by Gasteiger charge is 2.06. The van der Waals surface area contributed by atoms with Gasteiger partial charge in [0.15, 0.2) is 0 Å². The molecule has 0 saturated carbocycles. The van der Waals surface area contributed by atoms with Gasteiger partial charge in [-0.05, 0) is 19.1 Å². The lowest BCUT2D eigenvalue weighted by Crippen LogP contribution is -2.31. The van der Waals surface area contributed by atoms with Crippen LogP contribution in [0.3, 0.4) is 0 Å². The molecule has 0 heterocycles. The molecule has 0 aliphatic heterocycles. The summed E-state index contributed by atoms with van der Waals surface area (Å²) in [6.45, 7) is 2.93. The molecule has 15 heavy (non-hydrogen) atoms. The second kappa shape index (κ2) is 5.24. The highest BCUT2D eigenvalue weighted by atomic mass is 16.2. The summed E-state index contributed by atoms with van der Waals surface area (Å²) in [4.78, 5) is 13.1. The number of nitrogens with one attached hydrogen (secondary N) is 1. The maximum atomic E-state index is 11.5. The number of hydrogen-bond acceptors (Lipinski definition) is 3. The molecule has 3 N–H and O–H groups in total. The van der Waals surface area contributed by atoms with Crippen molar-refractivity contribution in [3.8, 4) is 0 Å². The lowest BCUT2D eigenvalue weighted by Gasteiger charge is -2.15. The van der Waals surface area contributed by atoms with Crippen LogP contribution in [0.1, 0.15) is 6.92 Å². The summed E-state index contributed by atoms with van der Waals surface area (Å²) in [7, 11) is 1.78. The Balaban J connectivity index is 2.51. The molecule has 4 nitrogen and oxygen atoms in total. The summed E-state index contributed by atoms with van der Waals surface area (Å²) in [6, 6.07) is 7.40. The third-order valence-electron chi connectivity index (χ3n) is 2.29. The smallest absolute Gasteiger partial charge is 0.241 e. The van der Waals surface area contributed by atoms with Crippen molar-refractivity contribution in [2.75, 3.05) is 31.2 Å². The number of nitrogens with zero attached hydrogens (tertiary/aromatic N) is 1. The van der Waals surface area contributed by atoms with Gasteiger partial charge in [0.25, 0.3) is 0 Å². The zero-order valence-electron chi connectivity index (χ0n) is 9.16. The number of anilines is 2. The standard InChI is InChI=1S/C11H17N3O/c1-3-14(2)11(15)8-13-10-7-5-4-6-9(10)12/h4-7,13H,3,8,12H2,1-2H3. The van der Waals surface area contributed by atoms with Gasteiger partial charge in [-0.25, -0.2) is 0 Å². The van der Waals surface area contributed by atoms with Crippen LogP contribution in [0.4, 0.5) is 11.4 Å². The fourth-order valence-corrected chi connectivity index (χ4v) is 1.14. The van der Waals surface area contributed by atoms with Crippen molar-refractivity contribution in [1.29, 1.82) is 0 Å². The Morgan fingerprint density at radius 1 is 1.47 bits per heavy atom. The molecular weight excluding hydrogens is 190 g/mol. The normalized spacial score (nSPS) is 9.73. The van der Waals surface area contributed by atoms with E-state index in [-0.39, 0.29) is 12.5 Å². The van der Waals surface area contributed by atoms with Crippen LogP contribution in [0, 0.1) is 0 Å². The summed E-state index contributed by atoms with van der Waals surface area (Å²) < 4.78 is 0. The number of amides is 1. The SMILES string of the molecule is CCN(C)C(=O)CNc1ccccc1N. The maximum absolute atomic E-state index is 11.5. The monoisotopic (exact) mass is 207 g/mol. The van der Waals surface area contributed by atoms with Crippen molar-refractivity contribution >= 4 is 17.3 Å². The summed E-state index contributed by atoms with van der Waals surface area (Å²) in [6.07, 6.45) is 0. The average molecular weight is 207 g/mol. The minimum atomic E-state index is 0.0563. The first-order valence-electron chi connectivity index (χ1n) is 4.97. The lowest BCUT2D eigenvalue weighted by atomic mass is 10.2. The van der Waals surface area contributed by atoms with Crippen molar-refractivity contribution in [2.45, 2.75) is 6.92 Å². The summed E-state index contributed by atoms with van der Waals surface area (Å²) in [5.41, 5.74) is 7.19. The lowest BCUT2D eigenvalue weighted by molar-refractivity contribution is -0.127. The van der Waals surface area contributed by atoms with Crippen molar-refractivity contribution in [3.63, 3.8) is 0 Å². The highest BCUT2D eigenvalue weighted by Crippen LogP contribution is 2.15. The molecule has 1 amide bonds. The summed E-state index contributed by atoms with van der Waals surface area (Å²) >= 11 is 0. The van der Waals surface area contributed by atoms with Gasteiger partial charge in [-0.2, -0.15) is 0 Å². The molecule has 0 aromatic heterocycles. The van der Waals surface area contributed by atoms with Gasteiger partial charge in [0.05, 0.1) is 17.9 Å². The molecule has 0 radical (unpaired) electrons. The Bertz CT molecular complexity index is 338. The molecule has 1 aromatic rings. The van der Waals surface area contributed by atoms with Crippen molar-refractivity contribution < 1.29 is 4.79 Å². The molecule has 0 fully saturated rings. The third-order valence-corrected chi connectivity index (χ3v) is 2.29. The van der Waals surface area contributed by atoms with Crippen molar-refractivity contribution in [2.24, 2.45) is 0 Å². The number of carbonyl (C=O) groups is 1. The largest absolute Gasteiger partial charge is 0.397 e. The molecule has 0 unspecified atom stereocenters. The second-order valence-corrected chi connectivity index (χ2v) is 3.35. The van der Waals surface area contributed by atoms with E-state index in [0.717, 1.165) is 5.69 Å². The number of hydrogen-bond donors (Lipinski definition) is 2. The van der Waals surface area contributed by atoms with Gasteiger partial charge in [-0.1, -0.05) is 12.1 Å². The molecule has 1 rings (SSSR count). The van der Waals surface area contributed by atoms with Crippen molar-refractivity contribution in [1.82, 2.24) is 4.90 Å². The first-order chi connectivity index (χ1) is 7.15. The maximum Gasteiger partial charge on any atom is 0.241 e. The number of carbonyl (C=O) groups excluding carboxylic acids is 1. The van der Waals surface area contributed by atoms with Crippen LogP contribution in [-0.4, -0.2) is 30.9 Å². The number of likely N-dealkylation sites (N-methyl/N-ethyl adjacent to an activating group) is 1. The molecule has 0 aliphatic rings. The number of rotatable bonds is 4. The van der Waals surface area contributed by atoms with E-state index < -0.39 is 0 Å². The zero-order valence-corrected chi connectivity index (χ0v) is 9.16. The Morgan fingerprint density at radius 2 is 2.13 bits per heavy atom. The minimum Gasteiger partial charge on any atom is -0.397 e. The van der Waals surface area contributed by atoms with E-state index >= 15 is 0 Å². The molecular formula is C11H17N3O. The van der Waals surface area contributed by atoms with Gasteiger partial charge in [-0.3, -0.25) is 4.79 Å². The van der Waals surface area contributed by atoms with E-state index in [2.05, 4.69) is 5.32 Å². The van der Waals surface area contributed by atoms with Gasteiger partial charge >= 0.3 is 0 Å². The van der Waals surface area contributed by atoms with Crippen LogP contribution in [0.25, 0.3) is 0 Å². The van der Waals surface area contributed by atoms with E-state index in [1.807, 2.05) is 25.1 Å². The molecule has 0 saturated heterocycles. The average Bonchev–Trinajstić information content (AvgIpc) is 2.26. The Kier molecular flexibility index (Phi) is 3.97. The Labute approximate surface area is 90.1 Å². The van der Waals surface area contributed by atoms with Crippen LogP contribution in [0.15, 0.2) is 24.3 Å². The number of benzene rings is 1. The second-order valence-electron chi connectivity index (χ2n) is 3.35. The van der Waals surface area contributed by atoms with Crippen molar-refractivity contribution in [3.05, 3.63) is 24.3 Å². The molecule has 0 aliphatic carbocycles. The molecule has 0 atom stereocenters. The van der Waals surface area contributed by atoms with Crippen LogP contribution >= 0.6 is 0 Å². The quantitative estimate of drug-likeness (QED) is 0.728. The Hall–Kier alpha value is -1.71. The topological polar surface area (TPSA) is 58.4 Å². The Morgan fingerprint density at radius 3 is 2.73 bits per heavy atom. The van der Waals surface area contributed by atoms with Gasteiger partial charge in [-0.15, -0.1) is 0 Å².